The molecular weight excluding hydrogens is 407 g/mol. The Morgan fingerprint density at radius 2 is 2.07 bits per heavy atom. The largest absolute Gasteiger partial charge is 0.455 e. The van der Waals surface area contributed by atoms with Gasteiger partial charge < -0.3 is 9.64 Å². The number of hydrogen-bond donors (Lipinski definition) is 1. The lowest BCUT2D eigenvalue weighted by Gasteiger charge is -2.36. The Morgan fingerprint density at radius 1 is 1.33 bits per heavy atom. The first kappa shape index (κ1) is 20.2. The van der Waals surface area contributed by atoms with Gasteiger partial charge in [0.25, 0.3) is 5.91 Å². The molecule has 0 unspecified atom stereocenters. The number of nitrogens with zero attached hydrogens (tertiary/aromatic N) is 3. The number of carbonyl (C=O) groups is 2. The average Bonchev–Trinajstić information content (AvgIpc) is 3.14. The predicted octanol–water partition coefficient (Wildman–Crippen LogP) is 2.90. The van der Waals surface area contributed by atoms with Crippen LogP contribution in [0.4, 0.5) is 10.2 Å². The van der Waals surface area contributed by atoms with Gasteiger partial charge in [0, 0.05) is 31.7 Å². The number of cyclic esters (lactones) is 1. The summed E-state index contributed by atoms with van der Waals surface area (Å²) in [5.41, 5.74) is 0.0765. The zero-order chi connectivity index (χ0) is 21.1. The quantitative estimate of drug-likeness (QED) is 0.580. The van der Waals surface area contributed by atoms with E-state index >= 15 is 4.39 Å². The second-order valence-corrected chi connectivity index (χ2v) is 7.98. The van der Waals surface area contributed by atoms with Crippen LogP contribution in [0.1, 0.15) is 40.0 Å². The lowest BCUT2D eigenvalue weighted by atomic mass is 9.92. The number of benzene rings is 1. The van der Waals surface area contributed by atoms with E-state index in [-0.39, 0.29) is 38.1 Å². The number of nitrogens with one attached hydrogen (secondary N) is 1. The highest BCUT2D eigenvalue weighted by Crippen LogP contribution is 2.32. The minimum atomic E-state index is -1.97. The van der Waals surface area contributed by atoms with Gasteiger partial charge in [-0.1, -0.05) is 30.3 Å². The molecule has 0 bridgehead atoms. The molecule has 1 aromatic heterocycles. The van der Waals surface area contributed by atoms with Crippen molar-refractivity contribution in [3.05, 3.63) is 58.8 Å². The molecule has 0 atom stereocenters. The van der Waals surface area contributed by atoms with Crippen molar-refractivity contribution < 1.29 is 18.7 Å². The SMILES string of the molecule is N#Cc1cc2c(nc1N1CCC(F)(C(=O)NSCc3ccccc3)CC1)COC2=O. The molecule has 0 spiro atoms. The second kappa shape index (κ2) is 8.32. The summed E-state index contributed by atoms with van der Waals surface area (Å²) in [6.07, 6.45) is -0.0202. The van der Waals surface area contributed by atoms with Crippen LogP contribution in [0, 0.1) is 11.3 Å². The molecule has 4 rings (SSSR count). The Hall–Kier alpha value is -3.12. The number of anilines is 1. The highest BCUT2D eigenvalue weighted by molar-refractivity contribution is 7.97. The van der Waals surface area contributed by atoms with Crippen molar-refractivity contribution in [3.63, 3.8) is 0 Å². The molecule has 9 heteroatoms. The van der Waals surface area contributed by atoms with E-state index < -0.39 is 17.5 Å². The van der Waals surface area contributed by atoms with Gasteiger partial charge in [0.2, 0.25) is 0 Å². The smallest absolute Gasteiger partial charge is 0.340 e. The van der Waals surface area contributed by atoms with Gasteiger partial charge in [-0.2, -0.15) is 5.26 Å². The third-order valence-corrected chi connectivity index (χ3v) is 6.08. The average molecular weight is 426 g/mol. The number of hydrogen-bond acceptors (Lipinski definition) is 7. The van der Waals surface area contributed by atoms with Gasteiger partial charge in [0.1, 0.15) is 18.5 Å². The first-order chi connectivity index (χ1) is 14.5. The Labute approximate surface area is 177 Å². The highest BCUT2D eigenvalue weighted by Gasteiger charge is 2.42. The van der Waals surface area contributed by atoms with E-state index in [1.165, 1.54) is 18.0 Å². The predicted molar refractivity (Wildman–Crippen MR) is 109 cm³/mol. The fourth-order valence-corrected chi connectivity index (χ4v) is 4.26. The van der Waals surface area contributed by atoms with Gasteiger partial charge in [-0.3, -0.25) is 9.52 Å². The van der Waals surface area contributed by atoms with E-state index in [0.717, 1.165) is 5.56 Å². The first-order valence-electron chi connectivity index (χ1n) is 9.51. The summed E-state index contributed by atoms with van der Waals surface area (Å²) in [6, 6.07) is 13.1. The summed E-state index contributed by atoms with van der Waals surface area (Å²) in [5.74, 6) is -0.174. The molecule has 1 aromatic carbocycles. The van der Waals surface area contributed by atoms with E-state index in [4.69, 9.17) is 4.74 Å². The van der Waals surface area contributed by atoms with Crippen molar-refractivity contribution in [2.45, 2.75) is 30.9 Å². The molecular formula is C21H19FN4O3S. The number of esters is 1. The van der Waals surface area contributed by atoms with Crippen LogP contribution >= 0.6 is 11.9 Å². The van der Waals surface area contributed by atoms with Crippen molar-refractivity contribution in [2.75, 3.05) is 18.0 Å². The first-order valence-corrected chi connectivity index (χ1v) is 10.5. The monoisotopic (exact) mass is 426 g/mol. The molecule has 0 aliphatic carbocycles. The molecule has 2 aliphatic rings. The minimum Gasteiger partial charge on any atom is -0.455 e. The van der Waals surface area contributed by atoms with Crippen LogP contribution in [-0.2, 0) is 21.9 Å². The zero-order valence-corrected chi connectivity index (χ0v) is 16.9. The molecule has 1 fully saturated rings. The zero-order valence-electron chi connectivity index (χ0n) is 16.1. The van der Waals surface area contributed by atoms with Crippen LogP contribution < -0.4 is 9.62 Å². The topological polar surface area (TPSA) is 95.3 Å². The number of aromatic nitrogens is 1. The molecule has 1 amide bonds. The molecule has 0 saturated carbocycles. The van der Waals surface area contributed by atoms with Gasteiger partial charge in [-0.05, 0) is 23.6 Å². The van der Waals surface area contributed by atoms with Crippen molar-refractivity contribution >= 4 is 29.6 Å². The fraction of sp³-hybridized carbons (Fsp3) is 0.333. The maximum Gasteiger partial charge on any atom is 0.340 e. The summed E-state index contributed by atoms with van der Waals surface area (Å²) in [6.45, 7) is 0.542. The van der Waals surface area contributed by atoms with E-state index in [1.807, 2.05) is 36.4 Å². The number of alkyl halides is 1. The lowest BCUT2D eigenvalue weighted by Crippen LogP contribution is -2.50. The van der Waals surface area contributed by atoms with E-state index in [0.29, 0.717) is 22.8 Å². The summed E-state index contributed by atoms with van der Waals surface area (Å²) < 4.78 is 22.8. The second-order valence-electron chi connectivity index (χ2n) is 7.20. The maximum absolute atomic E-state index is 15.2. The molecule has 2 aromatic rings. The molecule has 7 nitrogen and oxygen atoms in total. The van der Waals surface area contributed by atoms with Crippen LogP contribution in [0.5, 0.6) is 0 Å². The van der Waals surface area contributed by atoms with Gasteiger partial charge >= 0.3 is 5.97 Å². The van der Waals surface area contributed by atoms with Crippen molar-refractivity contribution in [2.24, 2.45) is 0 Å². The van der Waals surface area contributed by atoms with Crippen molar-refractivity contribution in [1.29, 1.82) is 5.26 Å². The molecule has 1 saturated heterocycles. The number of fused-ring (bicyclic) bond motifs is 1. The van der Waals surface area contributed by atoms with Crippen molar-refractivity contribution in [1.82, 2.24) is 9.71 Å². The van der Waals surface area contributed by atoms with E-state index in [2.05, 4.69) is 9.71 Å². The summed E-state index contributed by atoms with van der Waals surface area (Å²) in [4.78, 5) is 30.3. The van der Waals surface area contributed by atoms with Gasteiger partial charge in [-0.25, -0.2) is 14.2 Å². The van der Waals surface area contributed by atoms with Gasteiger partial charge in [0.05, 0.1) is 16.8 Å². The fourth-order valence-electron chi connectivity index (χ4n) is 3.51. The van der Waals surface area contributed by atoms with Crippen LogP contribution in [0.2, 0.25) is 0 Å². The third kappa shape index (κ3) is 3.96. The maximum atomic E-state index is 15.2. The molecule has 1 N–H and O–H groups in total. The Kier molecular flexibility index (Phi) is 5.59. The number of rotatable bonds is 5. The number of halogens is 1. The number of carbonyl (C=O) groups excluding carboxylic acids is 2. The Bertz CT molecular complexity index is 1020. The summed E-state index contributed by atoms with van der Waals surface area (Å²) in [5, 5.41) is 9.44. The lowest BCUT2D eigenvalue weighted by molar-refractivity contribution is -0.132. The van der Waals surface area contributed by atoms with E-state index in [1.54, 1.807) is 4.90 Å². The molecule has 154 valence electrons. The molecule has 0 radical (unpaired) electrons. The molecule has 2 aliphatic heterocycles. The minimum absolute atomic E-state index is 0.0101. The standard InChI is InChI=1S/C21H19FN4O3S/c22-21(20(28)25-30-13-14-4-2-1-3-5-14)6-8-26(9-7-21)18-15(11-23)10-16-17(24-18)12-29-19(16)27/h1-5,10H,6-9,12-13H2,(H,25,28). The third-order valence-electron chi connectivity index (χ3n) is 5.27. The van der Waals surface area contributed by atoms with Gasteiger partial charge in [-0.15, -0.1) is 0 Å². The van der Waals surface area contributed by atoms with Crippen LogP contribution in [0.15, 0.2) is 36.4 Å². The molecule has 3 heterocycles. The molecule has 30 heavy (non-hydrogen) atoms. The Balaban J connectivity index is 1.38. The summed E-state index contributed by atoms with van der Waals surface area (Å²) >= 11 is 1.17. The van der Waals surface area contributed by atoms with Gasteiger partial charge in [0.15, 0.2) is 5.67 Å². The number of ether oxygens (including phenoxy) is 1. The number of piperidine rings is 1. The number of pyridine rings is 1. The van der Waals surface area contributed by atoms with Crippen molar-refractivity contribution in [3.8, 4) is 6.07 Å². The van der Waals surface area contributed by atoms with E-state index in [9.17, 15) is 14.9 Å². The Morgan fingerprint density at radius 3 is 2.77 bits per heavy atom. The van der Waals surface area contributed by atoms with Crippen LogP contribution in [0.3, 0.4) is 0 Å². The van der Waals surface area contributed by atoms with Crippen LogP contribution in [0.25, 0.3) is 0 Å². The highest BCUT2D eigenvalue weighted by atomic mass is 32.2. The number of amides is 1. The van der Waals surface area contributed by atoms with Crippen LogP contribution in [-0.4, -0.2) is 35.6 Å². The summed E-state index contributed by atoms with van der Waals surface area (Å²) in [7, 11) is 0. The number of nitriles is 1. The normalized spacial score (nSPS) is 17.1.